The molecule has 0 heterocycles. The fourth-order valence-corrected chi connectivity index (χ4v) is 1.93. The number of aliphatic hydroxyl groups is 1. The molecule has 1 unspecified atom stereocenters. The number of hydrogen-bond acceptors (Lipinski definition) is 2. The van der Waals surface area contributed by atoms with Crippen molar-refractivity contribution in [1.29, 1.82) is 0 Å². The van der Waals surface area contributed by atoms with Gasteiger partial charge >= 0.3 is 0 Å². The lowest BCUT2D eigenvalue weighted by Gasteiger charge is -2.20. The molecule has 0 radical (unpaired) electrons. The van der Waals surface area contributed by atoms with Gasteiger partial charge < -0.3 is 10.0 Å². The van der Waals surface area contributed by atoms with E-state index in [1.54, 1.807) is 7.05 Å². The van der Waals surface area contributed by atoms with E-state index < -0.39 is 6.10 Å². The van der Waals surface area contributed by atoms with Gasteiger partial charge in [0.05, 0.1) is 0 Å². The molecule has 1 N–H and O–H groups in total. The molecule has 3 heteroatoms. The summed E-state index contributed by atoms with van der Waals surface area (Å²) in [5.74, 6) is -0.296. The van der Waals surface area contributed by atoms with Crippen molar-refractivity contribution in [2.75, 3.05) is 11.9 Å². The topological polar surface area (TPSA) is 40.5 Å². The molecule has 0 fully saturated rings. The molecule has 0 aromatic heterocycles. The van der Waals surface area contributed by atoms with Crippen LogP contribution in [-0.2, 0) is 11.2 Å². The summed E-state index contributed by atoms with van der Waals surface area (Å²) in [6.45, 7) is 0. The highest BCUT2D eigenvalue weighted by atomic mass is 16.3. The quantitative estimate of drug-likeness (QED) is 0.910. The Morgan fingerprint density at radius 1 is 1.05 bits per heavy atom. The molecular formula is C16H17NO2. The van der Waals surface area contributed by atoms with Crippen molar-refractivity contribution in [3.63, 3.8) is 0 Å². The van der Waals surface area contributed by atoms with Gasteiger partial charge in [-0.25, -0.2) is 0 Å². The number of hydrogen-bond donors (Lipinski definition) is 1. The van der Waals surface area contributed by atoms with Crippen LogP contribution in [0.15, 0.2) is 60.7 Å². The Hall–Kier alpha value is -2.13. The van der Waals surface area contributed by atoms with E-state index in [4.69, 9.17) is 0 Å². The van der Waals surface area contributed by atoms with Crippen LogP contribution in [0.2, 0.25) is 0 Å². The van der Waals surface area contributed by atoms with Gasteiger partial charge in [-0.3, -0.25) is 4.79 Å². The highest BCUT2D eigenvalue weighted by molar-refractivity contribution is 5.96. The highest BCUT2D eigenvalue weighted by Crippen LogP contribution is 2.13. The summed E-state index contributed by atoms with van der Waals surface area (Å²) in [4.78, 5) is 13.6. The van der Waals surface area contributed by atoms with Crippen LogP contribution in [0.25, 0.3) is 0 Å². The van der Waals surface area contributed by atoms with Gasteiger partial charge in [-0.05, 0) is 17.7 Å². The number of likely N-dealkylation sites (N-methyl/N-ethyl adjacent to an activating group) is 1. The minimum atomic E-state index is -1.02. The van der Waals surface area contributed by atoms with E-state index in [2.05, 4.69) is 0 Å². The monoisotopic (exact) mass is 255 g/mol. The third-order valence-corrected chi connectivity index (χ3v) is 3.03. The Morgan fingerprint density at radius 2 is 1.58 bits per heavy atom. The van der Waals surface area contributed by atoms with Gasteiger partial charge in [-0.2, -0.15) is 0 Å². The van der Waals surface area contributed by atoms with Crippen LogP contribution in [0.1, 0.15) is 5.56 Å². The lowest BCUT2D eigenvalue weighted by atomic mass is 10.1. The lowest BCUT2D eigenvalue weighted by molar-refractivity contribution is -0.126. The predicted molar refractivity (Wildman–Crippen MR) is 76.0 cm³/mol. The second kappa shape index (κ2) is 6.16. The van der Waals surface area contributed by atoms with E-state index in [1.807, 2.05) is 60.7 Å². The lowest BCUT2D eigenvalue weighted by Crippen LogP contribution is -2.37. The number of rotatable bonds is 4. The van der Waals surface area contributed by atoms with Crippen molar-refractivity contribution in [1.82, 2.24) is 0 Å². The number of carbonyl (C=O) groups excluding carboxylic acids is 1. The molecule has 98 valence electrons. The number of aliphatic hydroxyl groups excluding tert-OH is 1. The summed E-state index contributed by atoms with van der Waals surface area (Å²) in [5.41, 5.74) is 1.73. The van der Waals surface area contributed by atoms with Crippen molar-refractivity contribution >= 4 is 11.6 Å². The molecule has 2 rings (SSSR count). The van der Waals surface area contributed by atoms with E-state index in [0.29, 0.717) is 6.42 Å². The summed E-state index contributed by atoms with van der Waals surface area (Å²) >= 11 is 0. The zero-order chi connectivity index (χ0) is 13.7. The first-order valence-corrected chi connectivity index (χ1v) is 6.23. The molecule has 0 bridgehead atoms. The van der Waals surface area contributed by atoms with Crippen LogP contribution in [0.3, 0.4) is 0 Å². The molecule has 0 saturated carbocycles. The summed E-state index contributed by atoms with van der Waals surface area (Å²) in [7, 11) is 1.67. The standard InChI is InChI=1S/C16H17NO2/c1-17(14-10-6-3-7-11-14)16(19)15(18)12-13-8-4-2-5-9-13/h2-11,15,18H,12H2,1H3. The van der Waals surface area contributed by atoms with Crippen LogP contribution >= 0.6 is 0 Å². The third-order valence-electron chi connectivity index (χ3n) is 3.03. The fourth-order valence-electron chi connectivity index (χ4n) is 1.93. The predicted octanol–water partition coefficient (Wildman–Crippen LogP) is 2.25. The fraction of sp³-hybridized carbons (Fsp3) is 0.188. The molecular weight excluding hydrogens is 238 g/mol. The molecule has 0 aliphatic carbocycles. The third kappa shape index (κ3) is 3.42. The van der Waals surface area contributed by atoms with Gasteiger partial charge in [0.2, 0.25) is 0 Å². The van der Waals surface area contributed by atoms with Gasteiger partial charge in [-0.15, -0.1) is 0 Å². The zero-order valence-corrected chi connectivity index (χ0v) is 10.9. The number of amides is 1. The minimum absolute atomic E-state index is 0.296. The van der Waals surface area contributed by atoms with Gasteiger partial charge in [0.1, 0.15) is 6.10 Å². The summed E-state index contributed by atoms with van der Waals surface area (Å²) in [6.07, 6.45) is -0.691. The van der Waals surface area contributed by atoms with Crippen LogP contribution in [0.5, 0.6) is 0 Å². The number of carbonyl (C=O) groups is 1. The van der Waals surface area contributed by atoms with Gasteiger partial charge in [0.15, 0.2) is 0 Å². The molecule has 2 aromatic rings. The van der Waals surface area contributed by atoms with Crippen LogP contribution < -0.4 is 4.90 Å². The number of anilines is 1. The Balaban J connectivity index is 2.03. The molecule has 2 aromatic carbocycles. The first-order chi connectivity index (χ1) is 9.18. The maximum atomic E-state index is 12.1. The average molecular weight is 255 g/mol. The number of benzene rings is 2. The van der Waals surface area contributed by atoms with Crippen molar-refractivity contribution < 1.29 is 9.90 Å². The normalized spacial score (nSPS) is 11.9. The Morgan fingerprint density at radius 3 is 2.16 bits per heavy atom. The average Bonchev–Trinajstić information content (AvgIpc) is 2.47. The maximum absolute atomic E-state index is 12.1. The first-order valence-electron chi connectivity index (χ1n) is 6.23. The largest absolute Gasteiger partial charge is 0.383 e. The molecule has 0 saturated heterocycles. The van der Waals surface area contributed by atoms with Crippen molar-refractivity contribution in [2.45, 2.75) is 12.5 Å². The SMILES string of the molecule is CN(C(=O)C(O)Cc1ccccc1)c1ccccc1. The minimum Gasteiger partial charge on any atom is -0.383 e. The van der Waals surface area contributed by atoms with Crippen LogP contribution in [-0.4, -0.2) is 24.2 Å². The number of para-hydroxylation sites is 1. The smallest absolute Gasteiger partial charge is 0.255 e. The van der Waals surface area contributed by atoms with Crippen molar-refractivity contribution in [3.05, 3.63) is 66.2 Å². The molecule has 0 aliphatic heterocycles. The van der Waals surface area contributed by atoms with Crippen LogP contribution in [0, 0.1) is 0 Å². The second-order valence-electron chi connectivity index (χ2n) is 4.44. The Bertz CT molecular complexity index is 525. The zero-order valence-electron chi connectivity index (χ0n) is 10.9. The van der Waals surface area contributed by atoms with E-state index >= 15 is 0 Å². The van der Waals surface area contributed by atoms with E-state index in [9.17, 15) is 9.90 Å². The highest BCUT2D eigenvalue weighted by Gasteiger charge is 2.20. The molecule has 0 aliphatic rings. The molecule has 3 nitrogen and oxygen atoms in total. The molecule has 0 spiro atoms. The Labute approximate surface area is 113 Å². The summed E-state index contributed by atoms with van der Waals surface area (Å²) in [5, 5.41) is 10.0. The van der Waals surface area contributed by atoms with Gasteiger partial charge in [0, 0.05) is 19.2 Å². The first kappa shape index (κ1) is 13.3. The summed E-state index contributed by atoms with van der Waals surface area (Å²) in [6, 6.07) is 18.8. The molecule has 1 amide bonds. The van der Waals surface area contributed by atoms with Gasteiger partial charge in [-0.1, -0.05) is 48.5 Å². The van der Waals surface area contributed by atoms with Crippen molar-refractivity contribution in [2.24, 2.45) is 0 Å². The molecule has 19 heavy (non-hydrogen) atoms. The van der Waals surface area contributed by atoms with E-state index in [1.165, 1.54) is 4.90 Å². The van der Waals surface area contributed by atoms with E-state index in [0.717, 1.165) is 11.3 Å². The van der Waals surface area contributed by atoms with Gasteiger partial charge in [0.25, 0.3) is 5.91 Å². The molecule has 1 atom stereocenters. The summed E-state index contributed by atoms with van der Waals surface area (Å²) < 4.78 is 0. The van der Waals surface area contributed by atoms with Crippen LogP contribution in [0.4, 0.5) is 5.69 Å². The van der Waals surface area contributed by atoms with Crippen molar-refractivity contribution in [3.8, 4) is 0 Å². The second-order valence-corrected chi connectivity index (χ2v) is 4.44. The maximum Gasteiger partial charge on any atom is 0.255 e. The number of nitrogens with zero attached hydrogens (tertiary/aromatic N) is 1. The Kier molecular flexibility index (Phi) is 4.31. The van der Waals surface area contributed by atoms with E-state index in [-0.39, 0.29) is 5.91 Å².